The molecule has 1 amide bonds. The summed E-state index contributed by atoms with van der Waals surface area (Å²) in [6.45, 7) is 7.95. The van der Waals surface area contributed by atoms with Crippen LogP contribution in [-0.4, -0.2) is 28.0 Å². The Hall–Kier alpha value is -1.43. The molecule has 0 saturated carbocycles. The SMILES string of the molecule is CC(NC(=O)c1csc(C(=O)O)n1)C(C)(C)C. The molecule has 0 saturated heterocycles. The van der Waals surface area contributed by atoms with Crippen LogP contribution >= 0.6 is 11.3 Å². The van der Waals surface area contributed by atoms with Gasteiger partial charge in [0.05, 0.1) is 0 Å². The number of hydrogen-bond acceptors (Lipinski definition) is 4. The molecule has 0 aromatic carbocycles. The number of thiazole rings is 1. The molecule has 6 heteroatoms. The van der Waals surface area contributed by atoms with Gasteiger partial charge < -0.3 is 10.4 Å². The molecule has 0 aliphatic heterocycles. The zero-order valence-electron chi connectivity index (χ0n) is 10.3. The fourth-order valence-electron chi connectivity index (χ4n) is 0.963. The van der Waals surface area contributed by atoms with Crippen molar-refractivity contribution in [3.63, 3.8) is 0 Å². The van der Waals surface area contributed by atoms with Gasteiger partial charge in [0.25, 0.3) is 5.91 Å². The molecule has 0 fully saturated rings. The topological polar surface area (TPSA) is 79.3 Å². The van der Waals surface area contributed by atoms with E-state index in [0.29, 0.717) is 0 Å². The highest BCUT2D eigenvalue weighted by Crippen LogP contribution is 2.19. The number of carbonyl (C=O) groups is 2. The van der Waals surface area contributed by atoms with Gasteiger partial charge in [-0.2, -0.15) is 0 Å². The number of rotatable bonds is 3. The minimum Gasteiger partial charge on any atom is -0.476 e. The molecular formula is C11H16N2O3S. The van der Waals surface area contributed by atoms with Crippen LogP contribution in [0.2, 0.25) is 0 Å². The lowest BCUT2D eigenvalue weighted by Crippen LogP contribution is -2.41. The summed E-state index contributed by atoms with van der Waals surface area (Å²) in [5, 5.41) is 12.9. The van der Waals surface area contributed by atoms with Crippen LogP contribution in [0.4, 0.5) is 0 Å². The third kappa shape index (κ3) is 3.52. The van der Waals surface area contributed by atoms with Gasteiger partial charge in [0, 0.05) is 11.4 Å². The van der Waals surface area contributed by atoms with E-state index in [2.05, 4.69) is 10.3 Å². The summed E-state index contributed by atoms with van der Waals surface area (Å²) >= 11 is 0.949. The van der Waals surface area contributed by atoms with E-state index in [4.69, 9.17) is 5.11 Å². The highest BCUT2D eigenvalue weighted by atomic mass is 32.1. The molecule has 1 unspecified atom stereocenters. The van der Waals surface area contributed by atoms with Gasteiger partial charge >= 0.3 is 5.97 Å². The van der Waals surface area contributed by atoms with Crippen LogP contribution in [0.5, 0.6) is 0 Å². The normalized spacial score (nSPS) is 13.2. The number of carboxylic acid groups (broad SMARTS) is 1. The molecule has 5 nitrogen and oxygen atoms in total. The number of nitrogens with one attached hydrogen (secondary N) is 1. The average molecular weight is 256 g/mol. The molecule has 0 radical (unpaired) electrons. The zero-order chi connectivity index (χ0) is 13.2. The van der Waals surface area contributed by atoms with E-state index in [1.165, 1.54) is 5.38 Å². The predicted octanol–water partition coefficient (Wildman–Crippen LogP) is 2.01. The summed E-state index contributed by atoms with van der Waals surface area (Å²) in [7, 11) is 0. The van der Waals surface area contributed by atoms with Gasteiger partial charge in [0.1, 0.15) is 5.69 Å². The molecule has 17 heavy (non-hydrogen) atoms. The molecule has 1 aromatic heterocycles. The monoisotopic (exact) mass is 256 g/mol. The van der Waals surface area contributed by atoms with Crippen LogP contribution in [0.1, 0.15) is 48.0 Å². The Balaban J connectivity index is 2.73. The lowest BCUT2D eigenvalue weighted by Gasteiger charge is -2.27. The molecule has 1 rings (SSSR count). The van der Waals surface area contributed by atoms with Crippen molar-refractivity contribution in [1.29, 1.82) is 0 Å². The Bertz CT molecular complexity index is 434. The van der Waals surface area contributed by atoms with Crippen molar-refractivity contribution in [2.75, 3.05) is 0 Å². The molecule has 0 aliphatic carbocycles. The van der Waals surface area contributed by atoms with E-state index in [-0.39, 0.29) is 28.1 Å². The van der Waals surface area contributed by atoms with Gasteiger partial charge in [-0.1, -0.05) is 20.8 Å². The second-order valence-corrected chi connectivity index (χ2v) is 5.76. The number of aromatic nitrogens is 1. The Morgan fingerprint density at radius 2 is 2.06 bits per heavy atom. The van der Waals surface area contributed by atoms with E-state index in [0.717, 1.165) is 11.3 Å². The zero-order valence-corrected chi connectivity index (χ0v) is 11.1. The Morgan fingerprint density at radius 3 is 2.47 bits per heavy atom. The van der Waals surface area contributed by atoms with Crippen molar-refractivity contribution in [2.45, 2.75) is 33.7 Å². The fourth-order valence-corrected chi connectivity index (χ4v) is 1.60. The largest absolute Gasteiger partial charge is 0.476 e. The van der Waals surface area contributed by atoms with Crippen LogP contribution < -0.4 is 5.32 Å². The van der Waals surface area contributed by atoms with Gasteiger partial charge in [-0.3, -0.25) is 4.79 Å². The third-order valence-corrected chi connectivity index (χ3v) is 3.40. The number of carbonyl (C=O) groups excluding carboxylic acids is 1. The van der Waals surface area contributed by atoms with Crippen molar-refractivity contribution in [1.82, 2.24) is 10.3 Å². The van der Waals surface area contributed by atoms with Crippen molar-refractivity contribution < 1.29 is 14.7 Å². The summed E-state index contributed by atoms with van der Waals surface area (Å²) in [5.74, 6) is -1.45. The highest BCUT2D eigenvalue weighted by molar-refractivity contribution is 7.11. The van der Waals surface area contributed by atoms with E-state index in [1.807, 2.05) is 27.7 Å². The van der Waals surface area contributed by atoms with Crippen molar-refractivity contribution >= 4 is 23.2 Å². The Morgan fingerprint density at radius 1 is 1.47 bits per heavy atom. The molecule has 1 atom stereocenters. The van der Waals surface area contributed by atoms with Gasteiger partial charge in [-0.25, -0.2) is 9.78 Å². The van der Waals surface area contributed by atoms with E-state index < -0.39 is 5.97 Å². The molecule has 1 heterocycles. The van der Waals surface area contributed by atoms with Crippen LogP contribution in [0.15, 0.2) is 5.38 Å². The van der Waals surface area contributed by atoms with Crippen LogP contribution in [0.25, 0.3) is 0 Å². The summed E-state index contributed by atoms with van der Waals surface area (Å²) < 4.78 is 0. The van der Waals surface area contributed by atoms with E-state index in [9.17, 15) is 9.59 Å². The maximum absolute atomic E-state index is 11.8. The summed E-state index contributed by atoms with van der Waals surface area (Å²) in [5.41, 5.74) is 0.102. The first-order chi connectivity index (χ1) is 7.71. The first kappa shape index (κ1) is 13.6. The minimum atomic E-state index is -1.11. The summed E-state index contributed by atoms with van der Waals surface area (Å²) in [6, 6.07) is -0.0232. The summed E-state index contributed by atoms with van der Waals surface area (Å²) in [6.07, 6.45) is 0. The van der Waals surface area contributed by atoms with Crippen molar-refractivity contribution in [2.24, 2.45) is 5.41 Å². The van der Waals surface area contributed by atoms with Gasteiger partial charge in [0.2, 0.25) is 5.01 Å². The molecular weight excluding hydrogens is 240 g/mol. The van der Waals surface area contributed by atoms with Crippen LogP contribution in [0.3, 0.4) is 0 Å². The molecule has 0 bridgehead atoms. The third-order valence-electron chi connectivity index (χ3n) is 2.57. The molecule has 0 aliphatic rings. The van der Waals surface area contributed by atoms with Gasteiger partial charge in [-0.15, -0.1) is 11.3 Å². The number of nitrogens with zero attached hydrogens (tertiary/aromatic N) is 1. The van der Waals surface area contributed by atoms with Gasteiger partial charge in [-0.05, 0) is 12.3 Å². The molecule has 94 valence electrons. The first-order valence-electron chi connectivity index (χ1n) is 5.21. The lowest BCUT2D eigenvalue weighted by atomic mass is 9.88. The standard InChI is InChI=1S/C11H16N2O3S/c1-6(11(2,3)4)12-8(14)7-5-17-9(13-7)10(15)16/h5-6H,1-4H3,(H,12,14)(H,15,16). The summed E-state index contributed by atoms with van der Waals surface area (Å²) in [4.78, 5) is 26.2. The predicted molar refractivity (Wildman–Crippen MR) is 65.5 cm³/mol. The maximum Gasteiger partial charge on any atom is 0.365 e. The smallest absolute Gasteiger partial charge is 0.365 e. The number of hydrogen-bond donors (Lipinski definition) is 2. The molecule has 2 N–H and O–H groups in total. The van der Waals surface area contributed by atoms with Crippen LogP contribution in [0, 0.1) is 5.41 Å². The highest BCUT2D eigenvalue weighted by Gasteiger charge is 2.23. The van der Waals surface area contributed by atoms with Crippen LogP contribution in [-0.2, 0) is 0 Å². The van der Waals surface area contributed by atoms with E-state index >= 15 is 0 Å². The maximum atomic E-state index is 11.8. The Kier molecular flexibility index (Phi) is 3.87. The van der Waals surface area contributed by atoms with Gasteiger partial charge in [0.15, 0.2) is 0 Å². The average Bonchev–Trinajstić information content (AvgIpc) is 2.64. The second kappa shape index (κ2) is 4.83. The van der Waals surface area contributed by atoms with Crippen molar-refractivity contribution in [3.8, 4) is 0 Å². The lowest BCUT2D eigenvalue weighted by molar-refractivity contribution is 0.0696. The quantitative estimate of drug-likeness (QED) is 0.867. The first-order valence-corrected chi connectivity index (χ1v) is 6.09. The molecule has 0 spiro atoms. The Labute approximate surface area is 104 Å². The number of carboxylic acids is 1. The number of aromatic carboxylic acids is 1. The van der Waals surface area contributed by atoms with Crippen molar-refractivity contribution in [3.05, 3.63) is 16.1 Å². The van der Waals surface area contributed by atoms with E-state index in [1.54, 1.807) is 0 Å². The minimum absolute atomic E-state index is 0.0232. The number of amides is 1. The second-order valence-electron chi connectivity index (χ2n) is 4.90. The molecule has 1 aromatic rings. The fraction of sp³-hybridized carbons (Fsp3) is 0.545.